The first-order chi connectivity index (χ1) is 11.0. The van der Waals surface area contributed by atoms with Crippen molar-refractivity contribution >= 4 is 17.4 Å². The van der Waals surface area contributed by atoms with Gasteiger partial charge < -0.3 is 10.1 Å². The largest absolute Gasteiger partial charge is 0.465 e. The second-order valence-electron chi connectivity index (χ2n) is 5.06. The van der Waals surface area contributed by atoms with Crippen molar-refractivity contribution in [3.8, 4) is 0 Å². The van der Waals surface area contributed by atoms with Crippen molar-refractivity contribution in [1.29, 1.82) is 0 Å². The molecule has 0 radical (unpaired) electrons. The summed E-state index contributed by atoms with van der Waals surface area (Å²) >= 11 is 0. The molecule has 5 nitrogen and oxygen atoms in total. The Morgan fingerprint density at radius 2 is 1.78 bits per heavy atom. The van der Waals surface area contributed by atoms with E-state index in [2.05, 4.69) is 10.3 Å². The monoisotopic (exact) mass is 310 g/mol. The van der Waals surface area contributed by atoms with Gasteiger partial charge in [-0.2, -0.15) is 0 Å². The maximum absolute atomic E-state index is 12.6. The minimum Gasteiger partial charge on any atom is -0.465 e. The van der Waals surface area contributed by atoms with Gasteiger partial charge in [0.05, 0.1) is 7.11 Å². The Bertz CT molecular complexity index is 752. The van der Waals surface area contributed by atoms with Crippen molar-refractivity contribution in [3.63, 3.8) is 0 Å². The van der Waals surface area contributed by atoms with Gasteiger partial charge in [0.15, 0.2) is 0 Å². The summed E-state index contributed by atoms with van der Waals surface area (Å²) in [6.07, 6.45) is 4.58. The Hall–Kier alpha value is -2.95. The maximum atomic E-state index is 12.6. The third-order valence-corrected chi connectivity index (χ3v) is 3.48. The minimum absolute atomic E-state index is 0.0624. The van der Waals surface area contributed by atoms with E-state index in [9.17, 15) is 9.59 Å². The molecule has 5 heteroatoms. The highest BCUT2D eigenvalue weighted by molar-refractivity contribution is 6.24. The highest BCUT2D eigenvalue weighted by atomic mass is 16.5. The average Bonchev–Trinajstić information content (AvgIpc) is 2.58. The van der Waals surface area contributed by atoms with Gasteiger partial charge in [0.2, 0.25) is 5.78 Å². The zero-order valence-electron chi connectivity index (χ0n) is 13.3. The van der Waals surface area contributed by atoms with Crippen LogP contribution in [-0.4, -0.2) is 23.8 Å². The fraction of sp³-hybridized carbons (Fsp3) is 0.167. The number of Topliss-reactive ketones (excluding diaryl/α,β-unsaturated/α-hetero) is 1. The number of hydrogen-bond donors (Lipinski definition) is 1. The molecule has 0 atom stereocenters. The molecule has 0 fully saturated rings. The number of hydrogen-bond acceptors (Lipinski definition) is 5. The van der Waals surface area contributed by atoms with Crippen molar-refractivity contribution in [3.05, 3.63) is 71.2 Å². The van der Waals surface area contributed by atoms with E-state index >= 15 is 0 Å². The van der Waals surface area contributed by atoms with Crippen molar-refractivity contribution in [2.24, 2.45) is 0 Å². The van der Waals surface area contributed by atoms with Crippen molar-refractivity contribution in [2.45, 2.75) is 13.8 Å². The van der Waals surface area contributed by atoms with Crippen LogP contribution in [-0.2, 0) is 9.53 Å². The SMILES string of the molecule is COC(=O)C(=CNc1ccncc1)C(=O)c1ccc(C)c(C)c1. The highest BCUT2D eigenvalue weighted by Crippen LogP contribution is 2.15. The van der Waals surface area contributed by atoms with Gasteiger partial charge in [-0.3, -0.25) is 9.78 Å². The molecule has 0 saturated carbocycles. The number of ether oxygens (including phenoxy) is 1. The molecule has 0 aliphatic heterocycles. The Labute approximate surface area is 135 Å². The molecule has 23 heavy (non-hydrogen) atoms. The van der Waals surface area contributed by atoms with Crippen LogP contribution >= 0.6 is 0 Å². The van der Waals surface area contributed by atoms with Crippen LogP contribution in [0.25, 0.3) is 0 Å². The number of nitrogens with zero attached hydrogens (tertiary/aromatic N) is 1. The number of aromatic nitrogens is 1. The molecule has 0 aliphatic carbocycles. The molecule has 0 spiro atoms. The van der Waals surface area contributed by atoms with Crippen LogP contribution in [0.1, 0.15) is 21.5 Å². The first-order valence-electron chi connectivity index (χ1n) is 7.10. The first kappa shape index (κ1) is 16.4. The standard InChI is InChI=1S/C18H18N2O3/c1-12-4-5-14(10-13(12)2)17(21)16(18(22)23-3)11-20-15-6-8-19-9-7-15/h4-11H,1-3H3,(H,19,20). The number of anilines is 1. The topological polar surface area (TPSA) is 68.3 Å². The Morgan fingerprint density at radius 3 is 2.39 bits per heavy atom. The summed E-state index contributed by atoms with van der Waals surface area (Å²) in [5, 5.41) is 2.91. The summed E-state index contributed by atoms with van der Waals surface area (Å²) in [5.41, 5.74) is 3.17. The smallest absolute Gasteiger partial charge is 0.343 e. The average molecular weight is 310 g/mol. The van der Waals surface area contributed by atoms with E-state index in [1.807, 2.05) is 19.9 Å². The van der Waals surface area contributed by atoms with Crippen molar-refractivity contribution in [1.82, 2.24) is 4.98 Å². The molecule has 0 unspecified atom stereocenters. The quantitative estimate of drug-likeness (QED) is 0.302. The van der Waals surface area contributed by atoms with E-state index in [-0.39, 0.29) is 11.4 Å². The van der Waals surface area contributed by atoms with Gasteiger partial charge in [0, 0.05) is 29.8 Å². The molecule has 118 valence electrons. The third-order valence-electron chi connectivity index (χ3n) is 3.48. The van der Waals surface area contributed by atoms with Gasteiger partial charge in [0.25, 0.3) is 0 Å². The number of rotatable bonds is 5. The predicted octanol–water partition coefficient (Wildman–Crippen LogP) is 3.05. The number of methoxy groups -OCH3 is 1. The molecule has 2 rings (SSSR count). The Kier molecular flexibility index (Phi) is 5.25. The van der Waals surface area contributed by atoms with Crippen LogP contribution in [0, 0.1) is 13.8 Å². The summed E-state index contributed by atoms with van der Waals surface area (Å²) in [4.78, 5) is 28.4. The van der Waals surface area contributed by atoms with Crippen molar-refractivity contribution < 1.29 is 14.3 Å². The molecule has 0 amide bonds. The lowest BCUT2D eigenvalue weighted by atomic mass is 9.99. The van der Waals surface area contributed by atoms with E-state index in [1.165, 1.54) is 13.3 Å². The molecule has 0 aliphatic rings. The van der Waals surface area contributed by atoms with Crippen LogP contribution in [0.4, 0.5) is 5.69 Å². The predicted molar refractivity (Wildman–Crippen MR) is 88.2 cm³/mol. The van der Waals surface area contributed by atoms with Gasteiger partial charge in [-0.05, 0) is 43.2 Å². The summed E-state index contributed by atoms with van der Waals surface area (Å²) in [6.45, 7) is 3.88. The molecule has 1 aromatic heterocycles. The minimum atomic E-state index is -0.685. The molecule has 2 aromatic rings. The second kappa shape index (κ2) is 7.35. The maximum Gasteiger partial charge on any atom is 0.343 e. The highest BCUT2D eigenvalue weighted by Gasteiger charge is 2.21. The first-order valence-corrected chi connectivity index (χ1v) is 7.10. The molecule has 1 heterocycles. The summed E-state index contributed by atoms with van der Waals surface area (Å²) in [5.74, 6) is -1.07. The normalized spacial score (nSPS) is 11.0. The van der Waals surface area contributed by atoms with E-state index in [4.69, 9.17) is 4.74 Å². The zero-order chi connectivity index (χ0) is 16.8. The van der Waals surface area contributed by atoms with E-state index in [1.54, 1.807) is 36.7 Å². The van der Waals surface area contributed by atoms with Crippen LogP contribution in [0.2, 0.25) is 0 Å². The van der Waals surface area contributed by atoms with Crippen LogP contribution in [0.3, 0.4) is 0 Å². The fourth-order valence-electron chi connectivity index (χ4n) is 1.97. The number of carbonyl (C=O) groups excluding carboxylic acids is 2. The Balaban J connectivity index is 2.32. The molecule has 0 saturated heterocycles. The van der Waals surface area contributed by atoms with Gasteiger partial charge >= 0.3 is 5.97 Å². The molecule has 1 aromatic carbocycles. The molecular weight excluding hydrogens is 292 g/mol. The summed E-state index contributed by atoms with van der Waals surface area (Å²) in [6, 6.07) is 8.78. The number of benzene rings is 1. The van der Waals surface area contributed by atoms with Crippen LogP contribution in [0.15, 0.2) is 54.5 Å². The Morgan fingerprint density at radius 1 is 1.09 bits per heavy atom. The number of ketones is 1. The second-order valence-corrected chi connectivity index (χ2v) is 5.06. The van der Waals surface area contributed by atoms with Gasteiger partial charge in [0.1, 0.15) is 5.57 Å². The van der Waals surface area contributed by atoms with E-state index < -0.39 is 5.97 Å². The van der Waals surface area contributed by atoms with E-state index in [0.29, 0.717) is 11.3 Å². The molecule has 1 N–H and O–H groups in total. The summed E-state index contributed by atoms with van der Waals surface area (Å²) in [7, 11) is 1.25. The van der Waals surface area contributed by atoms with Gasteiger partial charge in [-0.1, -0.05) is 12.1 Å². The zero-order valence-corrected chi connectivity index (χ0v) is 13.3. The lowest BCUT2D eigenvalue weighted by Crippen LogP contribution is -2.16. The van der Waals surface area contributed by atoms with E-state index in [0.717, 1.165) is 11.1 Å². The van der Waals surface area contributed by atoms with Crippen LogP contribution in [0.5, 0.6) is 0 Å². The number of pyridine rings is 1. The third kappa shape index (κ3) is 4.03. The summed E-state index contributed by atoms with van der Waals surface area (Å²) < 4.78 is 4.72. The lowest BCUT2D eigenvalue weighted by Gasteiger charge is -2.08. The van der Waals surface area contributed by atoms with Gasteiger partial charge in [-0.25, -0.2) is 4.79 Å². The van der Waals surface area contributed by atoms with Crippen molar-refractivity contribution in [2.75, 3.05) is 12.4 Å². The molecular formula is C18H18N2O3. The van der Waals surface area contributed by atoms with Crippen LogP contribution < -0.4 is 5.32 Å². The number of aryl methyl sites for hydroxylation is 2. The molecule has 0 bridgehead atoms. The van der Waals surface area contributed by atoms with Gasteiger partial charge in [-0.15, -0.1) is 0 Å². The lowest BCUT2D eigenvalue weighted by molar-refractivity contribution is -0.135. The number of carbonyl (C=O) groups is 2. The fourth-order valence-corrected chi connectivity index (χ4v) is 1.97. The number of nitrogens with one attached hydrogen (secondary N) is 1. The number of esters is 1.